The van der Waals surface area contributed by atoms with Crippen molar-refractivity contribution >= 4 is 0 Å². The molecule has 71 valence electrons. The van der Waals surface area contributed by atoms with Crippen LogP contribution in [0, 0.1) is 6.92 Å². The summed E-state index contributed by atoms with van der Waals surface area (Å²) in [6.45, 7) is 3.50. The second-order valence-corrected chi connectivity index (χ2v) is 2.41. The third-order valence-corrected chi connectivity index (χ3v) is 1.47. The van der Waals surface area contributed by atoms with Crippen molar-refractivity contribution in [3.63, 3.8) is 0 Å². The average Bonchev–Trinajstić information content (AvgIpc) is 2.02. The summed E-state index contributed by atoms with van der Waals surface area (Å²) >= 11 is 0. The summed E-state index contributed by atoms with van der Waals surface area (Å²) in [6.07, 6.45) is -4.36. The smallest absolute Gasteiger partial charge is 0.406 e. The number of alkyl halides is 3. The number of ether oxygens (including phenoxy) is 1. The maximum atomic E-state index is 11.8. The molecular weight excluding hydrogens is 181 g/mol. The molecule has 1 aromatic rings. The third kappa shape index (κ3) is 2.97. The van der Waals surface area contributed by atoms with Crippen LogP contribution < -0.4 is 4.74 Å². The zero-order valence-electron chi connectivity index (χ0n) is 6.77. The van der Waals surface area contributed by atoms with Crippen molar-refractivity contribution < 1.29 is 17.9 Å². The van der Waals surface area contributed by atoms with E-state index in [1.54, 1.807) is 12.1 Å². The highest BCUT2D eigenvalue weighted by atomic mass is 19.4. The molecule has 0 unspecified atom stereocenters. The van der Waals surface area contributed by atoms with Gasteiger partial charge in [0.15, 0.2) is 0 Å². The zero-order chi connectivity index (χ0) is 9.90. The fraction of sp³-hybridized carbons (Fsp3) is 0.222. The Bertz CT molecular complexity index is 280. The van der Waals surface area contributed by atoms with Crippen LogP contribution in [-0.2, 0) is 6.42 Å². The van der Waals surface area contributed by atoms with Crippen LogP contribution in [0.2, 0.25) is 0 Å². The zero-order valence-corrected chi connectivity index (χ0v) is 6.77. The molecule has 1 aromatic carbocycles. The standard InChI is InChI=1S/C9H8F3O/c1-2-7-5-3-4-6-8(7)13-9(10,11)12/h3-6H,1-2H2. The molecular formula is C9H8F3O. The van der Waals surface area contributed by atoms with E-state index in [4.69, 9.17) is 0 Å². The van der Waals surface area contributed by atoms with Gasteiger partial charge in [-0.05, 0) is 25.0 Å². The normalized spacial score (nSPS) is 11.4. The van der Waals surface area contributed by atoms with E-state index in [9.17, 15) is 13.2 Å². The molecule has 0 saturated carbocycles. The van der Waals surface area contributed by atoms with Crippen LogP contribution in [0.1, 0.15) is 5.56 Å². The first-order chi connectivity index (χ1) is 6.03. The van der Waals surface area contributed by atoms with Gasteiger partial charge >= 0.3 is 6.36 Å². The van der Waals surface area contributed by atoms with Gasteiger partial charge < -0.3 is 4.74 Å². The van der Waals surface area contributed by atoms with Crippen molar-refractivity contribution in [2.75, 3.05) is 0 Å². The average molecular weight is 189 g/mol. The van der Waals surface area contributed by atoms with Gasteiger partial charge in [-0.2, -0.15) is 0 Å². The predicted octanol–water partition coefficient (Wildman–Crippen LogP) is 2.96. The molecule has 0 aliphatic carbocycles. The molecule has 1 rings (SSSR count). The fourth-order valence-electron chi connectivity index (χ4n) is 0.935. The summed E-state index contributed by atoms with van der Waals surface area (Å²) in [5.74, 6) is -0.176. The Morgan fingerprint density at radius 1 is 1.23 bits per heavy atom. The molecule has 0 heterocycles. The highest BCUT2D eigenvalue weighted by molar-refractivity contribution is 5.33. The second kappa shape index (κ2) is 3.68. The number of rotatable bonds is 2. The molecule has 1 radical (unpaired) electrons. The van der Waals surface area contributed by atoms with E-state index in [1.807, 2.05) is 0 Å². The Hall–Kier alpha value is -1.19. The predicted molar refractivity (Wildman–Crippen MR) is 42.2 cm³/mol. The summed E-state index contributed by atoms with van der Waals surface area (Å²) in [7, 11) is 0. The minimum Gasteiger partial charge on any atom is -0.406 e. The van der Waals surface area contributed by atoms with Gasteiger partial charge in [-0.3, -0.25) is 0 Å². The maximum Gasteiger partial charge on any atom is 0.573 e. The van der Waals surface area contributed by atoms with Gasteiger partial charge in [0.1, 0.15) is 5.75 Å². The highest BCUT2D eigenvalue weighted by Crippen LogP contribution is 2.26. The Kier molecular flexibility index (Phi) is 2.80. The van der Waals surface area contributed by atoms with E-state index in [0.29, 0.717) is 5.56 Å². The largest absolute Gasteiger partial charge is 0.573 e. The Labute approximate surface area is 74.1 Å². The number of hydrogen-bond acceptors (Lipinski definition) is 1. The van der Waals surface area contributed by atoms with E-state index in [0.717, 1.165) is 0 Å². The van der Waals surface area contributed by atoms with Crippen LogP contribution in [-0.4, -0.2) is 6.36 Å². The molecule has 0 amide bonds. The molecule has 0 spiro atoms. The molecule has 0 aliphatic heterocycles. The Morgan fingerprint density at radius 2 is 1.85 bits per heavy atom. The maximum absolute atomic E-state index is 11.8. The number of halogens is 3. The number of para-hydroxylation sites is 1. The van der Waals surface area contributed by atoms with Gasteiger partial charge in [-0.25, -0.2) is 0 Å². The lowest BCUT2D eigenvalue weighted by atomic mass is 10.1. The molecule has 0 saturated heterocycles. The fourth-order valence-corrected chi connectivity index (χ4v) is 0.935. The van der Waals surface area contributed by atoms with Gasteiger partial charge in [0.2, 0.25) is 0 Å². The summed E-state index contributed by atoms with van der Waals surface area (Å²) < 4.78 is 39.2. The lowest BCUT2D eigenvalue weighted by Crippen LogP contribution is -2.17. The molecule has 0 atom stereocenters. The number of hydrogen-bond donors (Lipinski definition) is 0. The van der Waals surface area contributed by atoms with Crippen LogP contribution in [0.4, 0.5) is 13.2 Å². The van der Waals surface area contributed by atoms with Crippen molar-refractivity contribution in [3.05, 3.63) is 36.8 Å². The monoisotopic (exact) mass is 189 g/mol. The van der Waals surface area contributed by atoms with Crippen LogP contribution in [0.5, 0.6) is 5.75 Å². The van der Waals surface area contributed by atoms with Crippen LogP contribution >= 0.6 is 0 Å². The minimum atomic E-state index is -4.63. The molecule has 0 fully saturated rings. The van der Waals surface area contributed by atoms with Gasteiger partial charge in [0, 0.05) is 0 Å². The van der Waals surface area contributed by atoms with E-state index in [1.165, 1.54) is 12.1 Å². The molecule has 0 aliphatic rings. The van der Waals surface area contributed by atoms with Crippen molar-refractivity contribution in [3.8, 4) is 5.75 Å². The Morgan fingerprint density at radius 3 is 2.38 bits per heavy atom. The Balaban J connectivity index is 2.87. The topological polar surface area (TPSA) is 9.23 Å². The van der Waals surface area contributed by atoms with E-state index in [-0.39, 0.29) is 12.2 Å². The van der Waals surface area contributed by atoms with Gasteiger partial charge in [0.05, 0.1) is 0 Å². The molecule has 13 heavy (non-hydrogen) atoms. The first kappa shape index (κ1) is 9.89. The van der Waals surface area contributed by atoms with Crippen LogP contribution in [0.15, 0.2) is 24.3 Å². The minimum absolute atomic E-state index is 0.176. The molecule has 0 N–H and O–H groups in total. The van der Waals surface area contributed by atoms with Crippen LogP contribution in [0.25, 0.3) is 0 Å². The lowest BCUT2D eigenvalue weighted by molar-refractivity contribution is -0.274. The van der Waals surface area contributed by atoms with E-state index in [2.05, 4.69) is 11.7 Å². The van der Waals surface area contributed by atoms with E-state index < -0.39 is 6.36 Å². The third-order valence-electron chi connectivity index (χ3n) is 1.47. The van der Waals surface area contributed by atoms with Crippen molar-refractivity contribution in [1.82, 2.24) is 0 Å². The molecule has 4 heteroatoms. The first-order valence-electron chi connectivity index (χ1n) is 3.66. The summed E-state index contributed by atoms with van der Waals surface area (Å²) in [4.78, 5) is 0. The lowest BCUT2D eigenvalue weighted by Gasteiger charge is -2.11. The molecule has 1 nitrogen and oxygen atoms in total. The molecule has 0 aromatic heterocycles. The van der Waals surface area contributed by atoms with Crippen molar-refractivity contribution in [2.24, 2.45) is 0 Å². The van der Waals surface area contributed by atoms with Gasteiger partial charge in [0.25, 0.3) is 0 Å². The second-order valence-electron chi connectivity index (χ2n) is 2.41. The summed E-state index contributed by atoms with van der Waals surface area (Å²) in [5.41, 5.74) is 0.444. The van der Waals surface area contributed by atoms with Crippen molar-refractivity contribution in [1.29, 1.82) is 0 Å². The SMILES string of the molecule is [CH2]Cc1ccccc1OC(F)(F)F. The quantitative estimate of drug-likeness (QED) is 0.694. The van der Waals surface area contributed by atoms with Crippen molar-refractivity contribution in [2.45, 2.75) is 12.8 Å². The van der Waals surface area contributed by atoms with Gasteiger partial charge in [-0.15, -0.1) is 13.2 Å². The summed E-state index contributed by atoms with van der Waals surface area (Å²) in [5, 5.41) is 0. The first-order valence-corrected chi connectivity index (χ1v) is 3.66. The summed E-state index contributed by atoms with van der Waals surface area (Å²) in [6, 6.07) is 5.95. The van der Waals surface area contributed by atoms with Crippen LogP contribution in [0.3, 0.4) is 0 Å². The highest BCUT2D eigenvalue weighted by Gasteiger charge is 2.31. The number of benzene rings is 1. The van der Waals surface area contributed by atoms with Gasteiger partial charge in [-0.1, -0.05) is 18.2 Å². The molecule has 0 bridgehead atoms. The van der Waals surface area contributed by atoms with E-state index >= 15 is 0 Å².